The number of carboxylic acids is 1. The number of aliphatic carboxylic acids is 1. The maximum absolute atomic E-state index is 10.5. The normalized spacial score (nSPS) is 12.4. The van der Waals surface area contributed by atoms with Gasteiger partial charge in [0, 0.05) is 13.2 Å². The van der Waals surface area contributed by atoms with Crippen molar-refractivity contribution in [2.24, 2.45) is 0 Å². The van der Waals surface area contributed by atoms with Gasteiger partial charge in [-0.3, -0.25) is 4.79 Å². The third-order valence-corrected chi connectivity index (χ3v) is 5.03. The minimum Gasteiger partial charge on any atom is -0.481 e. The van der Waals surface area contributed by atoms with Gasteiger partial charge >= 0.3 is 5.97 Å². The van der Waals surface area contributed by atoms with Crippen molar-refractivity contribution in [3.8, 4) is 0 Å². The standard InChI is InChI=1S/C23H46O4/c1-3-5-7-9-10-11-13-15-19-27-22(16-14-12-8-6-4-2)17-20-26-21-18-23(24)25/h22H,3-21H2,1-2H3,(H,24,25). The van der Waals surface area contributed by atoms with Gasteiger partial charge in [0.05, 0.1) is 19.1 Å². The van der Waals surface area contributed by atoms with Crippen molar-refractivity contribution in [3.63, 3.8) is 0 Å². The highest BCUT2D eigenvalue weighted by Gasteiger charge is 2.09. The van der Waals surface area contributed by atoms with Crippen LogP contribution in [0.3, 0.4) is 0 Å². The number of carbonyl (C=O) groups is 1. The van der Waals surface area contributed by atoms with E-state index < -0.39 is 5.97 Å². The Kier molecular flexibility index (Phi) is 21.2. The highest BCUT2D eigenvalue weighted by molar-refractivity contribution is 5.66. The molecular formula is C23H46O4. The Morgan fingerprint density at radius 2 is 1.26 bits per heavy atom. The summed E-state index contributed by atoms with van der Waals surface area (Å²) in [6.07, 6.45) is 19.3. The zero-order chi connectivity index (χ0) is 20.0. The number of carboxylic acid groups (broad SMARTS) is 1. The van der Waals surface area contributed by atoms with Gasteiger partial charge in [0.2, 0.25) is 0 Å². The Labute approximate surface area is 168 Å². The molecule has 27 heavy (non-hydrogen) atoms. The van der Waals surface area contributed by atoms with E-state index in [4.69, 9.17) is 14.6 Å². The van der Waals surface area contributed by atoms with Gasteiger partial charge in [-0.15, -0.1) is 0 Å². The zero-order valence-corrected chi connectivity index (χ0v) is 18.2. The van der Waals surface area contributed by atoms with Crippen LogP contribution in [-0.2, 0) is 14.3 Å². The van der Waals surface area contributed by atoms with Crippen molar-refractivity contribution < 1.29 is 19.4 Å². The lowest BCUT2D eigenvalue weighted by atomic mass is 10.1. The smallest absolute Gasteiger partial charge is 0.305 e. The van der Waals surface area contributed by atoms with Gasteiger partial charge in [0.1, 0.15) is 0 Å². The van der Waals surface area contributed by atoms with Crippen molar-refractivity contribution in [1.29, 1.82) is 0 Å². The third-order valence-electron chi connectivity index (χ3n) is 5.03. The fraction of sp³-hybridized carbons (Fsp3) is 0.957. The number of unbranched alkanes of at least 4 members (excludes halogenated alkanes) is 11. The predicted molar refractivity (Wildman–Crippen MR) is 113 cm³/mol. The Hall–Kier alpha value is -0.610. The van der Waals surface area contributed by atoms with Crippen LogP contribution < -0.4 is 0 Å². The summed E-state index contributed by atoms with van der Waals surface area (Å²) in [7, 11) is 0. The van der Waals surface area contributed by atoms with E-state index in [1.165, 1.54) is 77.0 Å². The average Bonchev–Trinajstić information content (AvgIpc) is 2.65. The molecule has 0 saturated carbocycles. The van der Waals surface area contributed by atoms with E-state index in [0.717, 1.165) is 25.9 Å². The topological polar surface area (TPSA) is 55.8 Å². The molecule has 0 bridgehead atoms. The maximum atomic E-state index is 10.5. The molecule has 0 fully saturated rings. The van der Waals surface area contributed by atoms with Gasteiger partial charge in [0.25, 0.3) is 0 Å². The van der Waals surface area contributed by atoms with Crippen molar-refractivity contribution in [3.05, 3.63) is 0 Å². The van der Waals surface area contributed by atoms with E-state index in [-0.39, 0.29) is 12.5 Å². The van der Waals surface area contributed by atoms with Crippen LogP contribution in [0, 0.1) is 0 Å². The van der Waals surface area contributed by atoms with Crippen molar-refractivity contribution in [1.82, 2.24) is 0 Å². The summed E-state index contributed by atoms with van der Waals surface area (Å²) in [6, 6.07) is 0. The van der Waals surface area contributed by atoms with Gasteiger partial charge in [-0.25, -0.2) is 0 Å². The molecule has 0 rings (SSSR count). The van der Waals surface area contributed by atoms with E-state index >= 15 is 0 Å². The molecule has 0 amide bonds. The summed E-state index contributed by atoms with van der Waals surface area (Å²) < 4.78 is 11.6. The van der Waals surface area contributed by atoms with E-state index in [1.54, 1.807) is 0 Å². The molecule has 0 aliphatic carbocycles. The summed E-state index contributed by atoms with van der Waals surface area (Å²) in [5.41, 5.74) is 0. The monoisotopic (exact) mass is 386 g/mol. The predicted octanol–water partition coefficient (Wildman–Crippen LogP) is 6.75. The minimum atomic E-state index is -0.798. The van der Waals surface area contributed by atoms with Crippen molar-refractivity contribution >= 4 is 5.97 Å². The minimum absolute atomic E-state index is 0.0841. The van der Waals surface area contributed by atoms with Crippen LogP contribution in [0.25, 0.3) is 0 Å². The maximum Gasteiger partial charge on any atom is 0.305 e. The fourth-order valence-corrected chi connectivity index (χ4v) is 3.25. The molecule has 0 spiro atoms. The molecule has 0 aliphatic heterocycles. The molecule has 162 valence electrons. The third kappa shape index (κ3) is 21.5. The fourth-order valence-electron chi connectivity index (χ4n) is 3.25. The molecule has 0 heterocycles. The van der Waals surface area contributed by atoms with E-state index in [0.29, 0.717) is 13.2 Å². The molecule has 0 radical (unpaired) electrons. The SMILES string of the molecule is CCCCCCCCCCOC(CCCCCCC)CCOCCC(=O)O. The van der Waals surface area contributed by atoms with E-state index in [2.05, 4.69) is 13.8 Å². The summed E-state index contributed by atoms with van der Waals surface area (Å²) >= 11 is 0. The lowest BCUT2D eigenvalue weighted by Crippen LogP contribution is -2.17. The first-order valence-electron chi connectivity index (χ1n) is 11.6. The summed E-state index contributed by atoms with van der Waals surface area (Å²) in [6.45, 7) is 6.25. The molecule has 4 nitrogen and oxygen atoms in total. The molecule has 1 atom stereocenters. The van der Waals surface area contributed by atoms with Crippen molar-refractivity contribution in [2.75, 3.05) is 19.8 Å². The Balaban J connectivity index is 3.77. The number of ether oxygens (including phenoxy) is 2. The van der Waals surface area contributed by atoms with Crippen LogP contribution in [0.2, 0.25) is 0 Å². The number of rotatable bonds is 22. The Bertz CT molecular complexity index is 307. The Morgan fingerprint density at radius 3 is 1.85 bits per heavy atom. The van der Waals surface area contributed by atoms with Gasteiger partial charge < -0.3 is 14.6 Å². The molecule has 0 aromatic rings. The first-order chi connectivity index (χ1) is 13.2. The average molecular weight is 387 g/mol. The molecular weight excluding hydrogens is 340 g/mol. The summed E-state index contributed by atoms with van der Waals surface area (Å²) in [5, 5.41) is 8.65. The van der Waals surface area contributed by atoms with Crippen LogP contribution >= 0.6 is 0 Å². The lowest BCUT2D eigenvalue weighted by Gasteiger charge is -2.18. The molecule has 0 aromatic heterocycles. The van der Waals surface area contributed by atoms with Crippen molar-refractivity contribution in [2.45, 2.75) is 123 Å². The lowest BCUT2D eigenvalue weighted by molar-refractivity contribution is -0.138. The van der Waals surface area contributed by atoms with Crippen LogP contribution in [0.4, 0.5) is 0 Å². The van der Waals surface area contributed by atoms with Crippen LogP contribution in [0.15, 0.2) is 0 Å². The van der Waals surface area contributed by atoms with Crippen LogP contribution in [0.1, 0.15) is 117 Å². The molecule has 4 heteroatoms. The van der Waals surface area contributed by atoms with Gasteiger partial charge in [-0.1, -0.05) is 90.9 Å². The number of hydrogen-bond acceptors (Lipinski definition) is 3. The largest absolute Gasteiger partial charge is 0.481 e. The Morgan fingerprint density at radius 1 is 0.704 bits per heavy atom. The number of hydrogen-bond donors (Lipinski definition) is 1. The van der Waals surface area contributed by atoms with E-state index in [9.17, 15) is 4.79 Å². The molecule has 1 unspecified atom stereocenters. The molecule has 0 aromatic carbocycles. The van der Waals surface area contributed by atoms with Crippen LogP contribution in [0.5, 0.6) is 0 Å². The van der Waals surface area contributed by atoms with Gasteiger partial charge in [-0.2, -0.15) is 0 Å². The second kappa shape index (κ2) is 21.7. The highest BCUT2D eigenvalue weighted by Crippen LogP contribution is 2.14. The summed E-state index contributed by atoms with van der Waals surface area (Å²) in [5.74, 6) is -0.798. The van der Waals surface area contributed by atoms with Gasteiger partial charge in [0.15, 0.2) is 0 Å². The van der Waals surface area contributed by atoms with E-state index in [1.807, 2.05) is 0 Å². The first kappa shape index (κ1) is 26.4. The molecule has 0 aliphatic rings. The quantitative estimate of drug-likeness (QED) is 0.209. The second-order valence-corrected chi connectivity index (χ2v) is 7.72. The van der Waals surface area contributed by atoms with Gasteiger partial charge in [-0.05, 0) is 19.3 Å². The molecule has 0 saturated heterocycles. The molecule has 1 N–H and O–H groups in total. The highest BCUT2D eigenvalue weighted by atomic mass is 16.5. The summed E-state index contributed by atoms with van der Waals surface area (Å²) in [4.78, 5) is 10.5. The first-order valence-corrected chi connectivity index (χ1v) is 11.6. The van der Waals surface area contributed by atoms with Crippen LogP contribution in [-0.4, -0.2) is 37.0 Å². The zero-order valence-electron chi connectivity index (χ0n) is 18.2. The second-order valence-electron chi connectivity index (χ2n) is 7.72.